The van der Waals surface area contributed by atoms with E-state index in [0.29, 0.717) is 10.5 Å². The molecule has 0 aliphatic carbocycles. The number of hydrogen-bond acceptors (Lipinski definition) is 2. The Kier molecular flexibility index (Phi) is 3.14. The van der Waals surface area contributed by atoms with Crippen LogP contribution in [0.3, 0.4) is 0 Å². The molecule has 1 aliphatic rings. The summed E-state index contributed by atoms with van der Waals surface area (Å²) in [4.78, 5) is 0. The quantitative estimate of drug-likeness (QED) is 0.860. The van der Waals surface area contributed by atoms with Crippen LogP contribution in [0.5, 0.6) is 0 Å². The van der Waals surface area contributed by atoms with E-state index in [4.69, 9.17) is 0 Å². The molecule has 1 unspecified atom stereocenters. The summed E-state index contributed by atoms with van der Waals surface area (Å²) in [5, 5.41) is 6.65. The standard InChI is InChI=1S/C11H14BrFN2/c1-2-3-7-6-14-10-5-9(13)8(12)4-11(10)15-7/h4-5,7,14-15H,2-3,6H2,1H3. The molecule has 0 saturated carbocycles. The molecule has 0 bridgehead atoms. The maximum atomic E-state index is 13.2. The van der Waals surface area contributed by atoms with Crippen molar-refractivity contribution in [2.45, 2.75) is 25.8 Å². The topological polar surface area (TPSA) is 24.1 Å². The van der Waals surface area contributed by atoms with Crippen molar-refractivity contribution in [1.82, 2.24) is 0 Å². The van der Waals surface area contributed by atoms with E-state index in [1.807, 2.05) is 0 Å². The minimum absolute atomic E-state index is 0.225. The molecule has 0 fully saturated rings. The van der Waals surface area contributed by atoms with Gasteiger partial charge in [-0.05, 0) is 28.4 Å². The highest BCUT2D eigenvalue weighted by Gasteiger charge is 2.17. The lowest BCUT2D eigenvalue weighted by atomic mass is 10.1. The third kappa shape index (κ3) is 2.25. The number of benzene rings is 1. The normalized spacial score (nSPS) is 19.0. The molecule has 0 spiro atoms. The molecule has 0 aromatic heterocycles. The van der Waals surface area contributed by atoms with Gasteiger partial charge in [0.1, 0.15) is 5.82 Å². The molecule has 15 heavy (non-hydrogen) atoms. The van der Waals surface area contributed by atoms with Gasteiger partial charge in [0.25, 0.3) is 0 Å². The first-order chi connectivity index (χ1) is 7.20. The molecule has 0 radical (unpaired) electrons. The first-order valence-electron chi connectivity index (χ1n) is 5.20. The minimum atomic E-state index is -0.225. The van der Waals surface area contributed by atoms with Gasteiger partial charge in [0.15, 0.2) is 0 Å². The number of rotatable bonds is 2. The van der Waals surface area contributed by atoms with E-state index in [2.05, 4.69) is 33.5 Å². The monoisotopic (exact) mass is 272 g/mol. The highest BCUT2D eigenvalue weighted by atomic mass is 79.9. The van der Waals surface area contributed by atoms with Crippen LogP contribution >= 0.6 is 15.9 Å². The third-order valence-electron chi connectivity index (χ3n) is 2.60. The van der Waals surface area contributed by atoms with Gasteiger partial charge in [0.2, 0.25) is 0 Å². The molecule has 2 rings (SSSR count). The second kappa shape index (κ2) is 4.39. The van der Waals surface area contributed by atoms with Crippen molar-refractivity contribution in [2.75, 3.05) is 17.2 Å². The Hall–Kier alpha value is -0.770. The van der Waals surface area contributed by atoms with E-state index in [-0.39, 0.29) is 5.82 Å². The first-order valence-corrected chi connectivity index (χ1v) is 5.99. The summed E-state index contributed by atoms with van der Waals surface area (Å²) >= 11 is 3.19. The van der Waals surface area contributed by atoms with Gasteiger partial charge in [-0.3, -0.25) is 0 Å². The summed E-state index contributed by atoms with van der Waals surface area (Å²) in [5.74, 6) is -0.225. The van der Waals surface area contributed by atoms with Crippen molar-refractivity contribution in [3.05, 3.63) is 22.4 Å². The Morgan fingerprint density at radius 1 is 1.47 bits per heavy atom. The molecule has 1 aliphatic heterocycles. The summed E-state index contributed by atoms with van der Waals surface area (Å²) in [6.45, 7) is 3.03. The Morgan fingerprint density at radius 2 is 2.27 bits per heavy atom. The minimum Gasteiger partial charge on any atom is -0.381 e. The largest absolute Gasteiger partial charge is 0.381 e. The predicted molar refractivity (Wildman–Crippen MR) is 64.9 cm³/mol. The molecule has 4 heteroatoms. The van der Waals surface area contributed by atoms with Gasteiger partial charge in [0, 0.05) is 18.7 Å². The fourth-order valence-corrected chi connectivity index (χ4v) is 2.18. The molecular formula is C11H14BrFN2. The number of nitrogens with one attached hydrogen (secondary N) is 2. The van der Waals surface area contributed by atoms with Crippen molar-refractivity contribution < 1.29 is 4.39 Å². The molecule has 0 saturated heterocycles. The smallest absolute Gasteiger partial charge is 0.139 e. The van der Waals surface area contributed by atoms with Crippen LogP contribution in [0.1, 0.15) is 19.8 Å². The predicted octanol–water partition coefficient (Wildman–Crippen LogP) is 3.59. The van der Waals surface area contributed by atoms with Gasteiger partial charge in [0.05, 0.1) is 15.8 Å². The van der Waals surface area contributed by atoms with Crippen LogP contribution in [0.15, 0.2) is 16.6 Å². The molecule has 82 valence electrons. The van der Waals surface area contributed by atoms with Crippen LogP contribution in [-0.4, -0.2) is 12.6 Å². The van der Waals surface area contributed by atoms with Crippen LogP contribution in [0.4, 0.5) is 15.8 Å². The molecule has 1 heterocycles. The Balaban J connectivity index is 2.22. The molecule has 1 atom stereocenters. The summed E-state index contributed by atoms with van der Waals surface area (Å²) in [6, 6.07) is 3.76. The van der Waals surface area contributed by atoms with Crippen LogP contribution in [0.2, 0.25) is 0 Å². The highest BCUT2D eigenvalue weighted by Crippen LogP contribution is 2.32. The lowest BCUT2D eigenvalue weighted by Gasteiger charge is -2.28. The van der Waals surface area contributed by atoms with Gasteiger partial charge in [-0.15, -0.1) is 0 Å². The summed E-state index contributed by atoms with van der Waals surface area (Å²) < 4.78 is 13.7. The van der Waals surface area contributed by atoms with Crippen molar-refractivity contribution in [1.29, 1.82) is 0 Å². The van der Waals surface area contributed by atoms with E-state index < -0.39 is 0 Å². The Bertz CT molecular complexity index is 368. The number of fused-ring (bicyclic) bond motifs is 1. The first kappa shape index (κ1) is 10.7. The van der Waals surface area contributed by atoms with E-state index in [0.717, 1.165) is 30.8 Å². The van der Waals surface area contributed by atoms with Gasteiger partial charge in [-0.25, -0.2) is 4.39 Å². The number of halogens is 2. The van der Waals surface area contributed by atoms with Crippen LogP contribution < -0.4 is 10.6 Å². The van der Waals surface area contributed by atoms with Crippen molar-refractivity contribution in [2.24, 2.45) is 0 Å². The van der Waals surface area contributed by atoms with Crippen molar-refractivity contribution in [3.63, 3.8) is 0 Å². The molecule has 0 amide bonds. The van der Waals surface area contributed by atoms with Crippen LogP contribution in [-0.2, 0) is 0 Å². The van der Waals surface area contributed by atoms with E-state index in [1.165, 1.54) is 6.07 Å². The van der Waals surface area contributed by atoms with Crippen molar-refractivity contribution >= 4 is 27.3 Å². The van der Waals surface area contributed by atoms with Gasteiger partial charge in [-0.1, -0.05) is 13.3 Å². The van der Waals surface area contributed by atoms with Gasteiger partial charge < -0.3 is 10.6 Å². The molecule has 2 nitrogen and oxygen atoms in total. The molecule has 1 aromatic rings. The average molecular weight is 273 g/mol. The lowest BCUT2D eigenvalue weighted by Crippen LogP contribution is -2.32. The Labute approximate surface area is 97.4 Å². The highest BCUT2D eigenvalue weighted by molar-refractivity contribution is 9.10. The second-order valence-corrected chi connectivity index (χ2v) is 4.68. The molecular weight excluding hydrogens is 259 g/mol. The van der Waals surface area contributed by atoms with Crippen LogP contribution in [0.25, 0.3) is 0 Å². The maximum Gasteiger partial charge on any atom is 0.139 e. The van der Waals surface area contributed by atoms with E-state index in [9.17, 15) is 4.39 Å². The maximum absolute atomic E-state index is 13.2. The Morgan fingerprint density at radius 3 is 3.00 bits per heavy atom. The van der Waals surface area contributed by atoms with Crippen LogP contribution in [0, 0.1) is 5.82 Å². The average Bonchev–Trinajstić information content (AvgIpc) is 2.21. The zero-order valence-corrected chi connectivity index (χ0v) is 10.2. The summed E-state index contributed by atoms with van der Waals surface area (Å²) in [7, 11) is 0. The summed E-state index contributed by atoms with van der Waals surface area (Å²) in [5.41, 5.74) is 1.83. The molecule has 1 aromatic carbocycles. The van der Waals surface area contributed by atoms with Gasteiger partial charge >= 0.3 is 0 Å². The fraction of sp³-hybridized carbons (Fsp3) is 0.455. The van der Waals surface area contributed by atoms with Crippen molar-refractivity contribution in [3.8, 4) is 0 Å². The number of hydrogen-bond donors (Lipinski definition) is 2. The zero-order chi connectivity index (χ0) is 10.8. The third-order valence-corrected chi connectivity index (χ3v) is 3.20. The van der Waals surface area contributed by atoms with Gasteiger partial charge in [-0.2, -0.15) is 0 Å². The lowest BCUT2D eigenvalue weighted by molar-refractivity contribution is 0.617. The number of anilines is 2. The van der Waals surface area contributed by atoms with E-state index >= 15 is 0 Å². The second-order valence-electron chi connectivity index (χ2n) is 3.82. The SMILES string of the molecule is CCCC1CNc2cc(F)c(Br)cc2N1. The molecule has 2 N–H and O–H groups in total. The van der Waals surface area contributed by atoms with E-state index in [1.54, 1.807) is 6.07 Å². The zero-order valence-electron chi connectivity index (χ0n) is 8.61. The fourth-order valence-electron chi connectivity index (χ4n) is 1.84. The summed E-state index contributed by atoms with van der Waals surface area (Å²) in [6.07, 6.45) is 2.28.